The van der Waals surface area contributed by atoms with E-state index in [1.165, 1.54) is 25.3 Å². The normalized spacial score (nSPS) is 24.7. The number of fused-ring (bicyclic) bond motifs is 3. The molecule has 3 heterocycles. The second kappa shape index (κ2) is 8.41. The highest BCUT2D eigenvalue weighted by Crippen LogP contribution is 2.61. The average Bonchev–Trinajstić information content (AvgIpc) is 3.26. The van der Waals surface area contributed by atoms with Crippen molar-refractivity contribution in [1.82, 2.24) is 9.97 Å². The van der Waals surface area contributed by atoms with Gasteiger partial charge in [0.15, 0.2) is 0 Å². The molecule has 2 fully saturated rings. The molecule has 3 heteroatoms. The minimum atomic E-state index is -2.32. The van der Waals surface area contributed by atoms with E-state index in [9.17, 15) is 2.74 Å². The van der Waals surface area contributed by atoms with Crippen LogP contribution in [0.5, 0.6) is 0 Å². The van der Waals surface area contributed by atoms with Gasteiger partial charge in [-0.1, -0.05) is 46.8 Å². The molecule has 0 atom stereocenters. The predicted octanol–water partition coefficient (Wildman–Crippen LogP) is 9.70. The predicted molar refractivity (Wildman–Crippen MR) is 154 cm³/mol. The minimum Gasteiger partial charge on any atom is -0.437 e. The van der Waals surface area contributed by atoms with Crippen LogP contribution in [0.3, 0.4) is 0 Å². The molecule has 6 rings (SSSR count). The minimum absolute atomic E-state index is 0.00761. The van der Waals surface area contributed by atoms with Crippen LogP contribution in [0.2, 0.25) is 0 Å². The summed E-state index contributed by atoms with van der Waals surface area (Å²) < 4.78 is 48.2. The highest BCUT2D eigenvalue weighted by Gasteiger charge is 2.50. The van der Waals surface area contributed by atoms with Crippen LogP contribution in [-0.2, 0) is 6.37 Å². The van der Waals surface area contributed by atoms with Gasteiger partial charge in [0.2, 0.25) is 5.71 Å². The van der Waals surface area contributed by atoms with Crippen LogP contribution >= 0.6 is 0 Å². The van der Waals surface area contributed by atoms with Crippen molar-refractivity contribution >= 4 is 22.1 Å². The number of aromatic nitrogens is 2. The van der Waals surface area contributed by atoms with E-state index >= 15 is 0 Å². The van der Waals surface area contributed by atoms with Crippen LogP contribution in [0.25, 0.3) is 33.3 Å². The van der Waals surface area contributed by atoms with E-state index in [0.29, 0.717) is 33.1 Å². The van der Waals surface area contributed by atoms with Gasteiger partial charge in [-0.3, -0.25) is 4.98 Å². The van der Waals surface area contributed by atoms with Gasteiger partial charge in [-0.15, -0.1) is 0 Å². The molecule has 2 saturated carbocycles. The Morgan fingerprint density at radius 1 is 0.892 bits per heavy atom. The zero-order chi connectivity index (χ0) is 30.3. The van der Waals surface area contributed by atoms with Crippen LogP contribution < -0.4 is 0 Å². The summed E-state index contributed by atoms with van der Waals surface area (Å²) in [5, 5.41) is 1.56. The Bertz CT molecular complexity index is 1640. The Labute approximate surface area is 229 Å². The second-order valence-corrected chi connectivity index (χ2v) is 13.8. The molecule has 2 aliphatic rings. The number of hydrogen-bond acceptors (Lipinski definition) is 3. The van der Waals surface area contributed by atoms with Crippen molar-refractivity contribution in [1.29, 1.82) is 0 Å². The monoisotopic (exact) mass is 499 g/mol. The molecule has 0 unspecified atom stereocenters. The average molecular weight is 500 g/mol. The third-order valence-electron chi connectivity index (χ3n) is 8.92. The summed E-state index contributed by atoms with van der Waals surface area (Å²) in [4.78, 5) is 8.92. The fraction of sp³-hybridized carbons (Fsp3) is 0.529. The van der Waals surface area contributed by atoms with E-state index in [2.05, 4.69) is 44.6 Å². The highest BCUT2D eigenvalue weighted by atomic mass is 16.3. The maximum atomic E-state index is 9.46. The van der Waals surface area contributed by atoms with Crippen LogP contribution in [0.15, 0.2) is 53.1 Å². The number of aryl methyl sites for hydroxylation is 1. The molecule has 1 aromatic carbocycles. The van der Waals surface area contributed by atoms with Crippen LogP contribution in [0, 0.1) is 28.5 Å². The van der Waals surface area contributed by atoms with E-state index in [0.717, 1.165) is 42.0 Å². The van der Waals surface area contributed by atoms with Crippen LogP contribution in [-0.4, -0.2) is 9.97 Å². The fourth-order valence-electron chi connectivity index (χ4n) is 8.21. The first kappa shape index (κ1) is 19.4. The molecule has 194 valence electrons. The summed E-state index contributed by atoms with van der Waals surface area (Å²) in [7, 11) is 0. The van der Waals surface area contributed by atoms with Crippen molar-refractivity contribution in [2.75, 3.05) is 0 Å². The van der Waals surface area contributed by atoms with Crippen molar-refractivity contribution in [3.63, 3.8) is 0 Å². The van der Waals surface area contributed by atoms with Gasteiger partial charge in [-0.2, -0.15) is 0 Å². The zero-order valence-electron chi connectivity index (χ0n) is 27.9. The van der Waals surface area contributed by atoms with Crippen molar-refractivity contribution in [3.05, 3.63) is 59.9 Å². The molecule has 3 nitrogen and oxygen atoms in total. The fourth-order valence-corrected chi connectivity index (χ4v) is 8.21. The number of hydrogen-bond donors (Lipinski definition) is 0. The van der Waals surface area contributed by atoms with Gasteiger partial charge < -0.3 is 4.42 Å². The number of pyridine rings is 2. The third-order valence-corrected chi connectivity index (χ3v) is 8.92. The first-order chi connectivity index (χ1) is 19.4. The number of benzene rings is 1. The Morgan fingerprint density at radius 3 is 2.38 bits per heavy atom. The zero-order valence-corrected chi connectivity index (χ0v) is 22.9. The summed E-state index contributed by atoms with van der Waals surface area (Å²) in [6.07, 6.45) is 7.71. The molecule has 4 aromatic rings. The summed E-state index contributed by atoms with van der Waals surface area (Å²) in [5.74, 6) is 0. The molecule has 0 saturated heterocycles. The molecular weight excluding hydrogens is 452 g/mol. The Kier molecular flexibility index (Phi) is 4.41. The molecule has 0 N–H and O–H groups in total. The van der Waals surface area contributed by atoms with Gasteiger partial charge >= 0.3 is 0 Å². The molecule has 0 radical (unpaired) electrons. The lowest BCUT2D eigenvalue weighted by Crippen LogP contribution is -2.45. The third kappa shape index (κ3) is 4.71. The van der Waals surface area contributed by atoms with Crippen molar-refractivity contribution in [2.45, 2.75) is 92.8 Å². The molecule has 1 spiro atoms. The number of rotatable bonds is 3. The summed E-state index contributed by atoms with van der Waals surface area (Å²) in [6, 6.07) is 12.7. The maximum Gasteiger partial charge on any atom is 0.227 e. The highest BCUT2D eigenvalue weighted by molar-refractivity contribution is 6.08. The van der Waals surface area contributed by atoms with Gasteiger partial charge in [0.1, 0.15) is 5.58 Å². The Morgan fingerprint density at radius 2 is 1.65 bits per heavy atom. The Hall–Kier alpha value is -2.68. The van der Waals surface area contributed by atoms with Crippen molar-refractivity contribution < 1.29 is 11.3 Å². The topological polar surface area (TPSA) is 38.9 Å². The van der Waals surface area contributed by atoms with Gasteiger partial charge in [0, 0.05) is 35.1 Å². The maximum absolute atomic E-state index is 9.46. The standard InChI is InChI=1S/C34H42N2O/c1-23-10-11-26-25-8-7-9-27(29(25)37-30(26)36-23)28-18-24(12-17-35-28)19-33(6)13-15-34(16-14-33)21-31(2,3)20-32(4,5)22-34/h7-12,17-18H,13-16,19-22H2,1-6H3/i1D3,19D2. The van der Waals surface area contributed by atoms with Gasteiger partial charge in [0.25, 0.3) is 0 Å². The second-order valence-electron chi connectivity index (χ2n) is 13.8. The first-order valence-corrected chi connectivity index (χ1v) is 13.7. The quantitative estimate of drug-likeness (QED) is 0.281. The number of nitrogens with zero attached hydrogens (tertiary/aromatic N) is 2. The molecule has 37 heavy (non-hydrogen) atoms. The Balaban J connectivity index is 1.32. The molecule has 0 aliphatic heterocycles. The van der Waals surface area contributed by atoms with Crippen LogP contribution in [0.4, 0.5) is 0 Å². The van der Waals surface area contributed by atoms with E-state index in [4.69, 9.17) is 8.53 Å². The lowest BCUT2D eigenvalue weighted by Gasteiger charge is -2.56. The van der Waals surface area contributed by atoms with E-state index in [1.807, 2.05) is 30.3 Å². The first-order valence-electron chi connectivity index (χ1n) is 16.2. The largest absolute Gasteiger partial charge is 0.437 e. The smallest absolute Gasteiger partial charge is 0.227 e. The SMILES string of the molecule is [2H]C([2H])([2H])c1ccc2c(n1)oc1c(-c3cc(C([2H])([2H])C4(C)CCC5(CC4)CC(C)(C)CC(C)(C)C5)ccn3)cccc12. The van der Waals surface area contributed by atoms with E-state index < -0.39 is 18.6 Å². The molecule has 0 amide bonds. The summed E-state index contributed by atoms with van der Waals surface area (Å²) in [6.45, 7) is 9.44. The van der Waals surface area contributed by atoms with E-state index in [1.54, 1.807) is 12.3 Å². The summed E-state index contributed by atoms with van der Waals surface area (Å²) in [5.41, 5.74) is 3.28. The van der Waals surface area contributed by atoms with Crippen molar-refractivity contribution in [3.8, 4) is 11.3 Å². The van der Waals surface area contributed by atoms with E-state index in [-0.39, 0.29) is 11.4 Å². The number of furan rings is 1. The number of para-hydroxylation sites is 1. The molecule has 0 bridgehead atoms. The lowest BCUT2D eigenvalue weighted by molar-refractivity contribution is -0.0472. The van der Waals surface area contributed by atoms with Crippen molar-refractivity contribution in [2.24, 2.45) is 21.7 Å². The molecule has 3 aromatic heterocycles. The summed E-state index contributed by atoms with van der Waals surface area (Å²) >= 11 is 0. The van der Waals surface area contributed by atoms with Crippen LogP contribution in [0.1, 0.15) is 97.7 Å². The molecule has 2 aliphatic carbocycles. The molecular formula is C34H42N2O. The van der Waals surface area contributed by atoms with Gasteiger partial charge in [-0.05, 0) is 116 Å². The van der Waals surface area contributed by atoms with Gasteiger partial charge in [0.05, 0.1) is 5.69 Å². The lowest BCUT2D eigenvalue weighted by atomic mass is 9.49. The van der Waals surface area contributed by atoms with Gasteiger partial charge in [-0.25, -0.2) is 4.98 Å².